The molecule has 3 N–H and O–H groups in total. The first-order valence-corrected chi connectivity index (χ1v) is 7.01. The van der Waals surface area contributed by atoms with E-state index in [1.807, 2.05) is 52.0 Å². The van der Waals surface area contributed by atoms with Gasteiger partial charge in [0.2, 0.25) is 0 Å². The zero-order valence-electron chi connectivity index (χ0n) is 10.7. The Morgan fingerprint density at radius 2 is 1.76 bits per heavy atom. The Morgan fingerprint density at radius 3 is 2.18 bits per heavy atom. The van der Waals surface area contributed by atoms with Gasteiger partial charge in [-0.15, -0.1) is 0 Å². The van der Waals surface area contributed by atoms with Crippen molar-refractivity contribution in [1.29, 1.82) is 0 Å². The summed E-state index contributed by atoms with van der Waals surface area (Å²) in [5.41, 5.74) is 1.75. The summed E-state index contributed by atoms with van der Waals surface area (Å²) in [5, 5.41) is 5.08. The van der Waals surface area contributed by atoms with Crippen molar-refractivity contribution in [2.24, 2.45) is 10.6 Å². The fraction of sp³-hybridized carbons (Fsp3) is 0.500. The maximum absolute atomic E-state index is 11.2. The first-order valence-electron chi connectivity index (χ1n) is 5.47. The SMILES string of the molecule is Cc1ccccc1[C@@H](NS(N)(=O)=O)C(C)(C)C. The topological polar surface area (TPSA) is 72.2 Å². The number of hydrogen-bond acceptors (Lipinski definition) is 2. The molecule has 96 valence electrons. The lowest BCUT2D eigenvalue weighted by molar-refractivity contribution is 0.303. The molecule has 1 aromatic rings. The highest BCUT2D eigenvalue weighted by Gasteiger charge is 2.29. The molecular weight excluding hydrogens is 236 g/mol. The van der Waals surface area contributed by atoms with E-state index in [2.05, 4.69) is 4.72 Å². The molecule has 1 aromatic carbocycles. The second-order valence-electron chi connectivity index (χ2n) is 5.32. The van der Waals surface area contributed by atoms with Gasteiger partial charge in [0.05, 0.1) is 6.04 Å². The summed E-state index contributed by atoms with van der Waals surface area (Å²) in [7, 11) is -3.72. The molecule has 0 aliphatic heterocycles. The Labute approximate surface area is 103 Å². The van der Waals surface area contributed by atoms with E-state index >= 15 is 0 Å². The van der Waals surface area contributed by atoms with Crippen molar-refractivity contribution in [3.63, 3.8) is 0 Å². The van der Waals surface area contributed by atoms with E-state index in [4.69, 9.17) is 5.14 Å². The van der Waals surface area contributed by atoms with E-state index in [1.54, 1.807) is 0 Å². The summed E-state index contributed by atoms with van der Waals surface area (Å²) in [6.45, 7) is 7.88. The number of aryl methyl sites for hydroxylation is 1. The quantitative estimate of drug-likeness (QED) is 0.866. The van der Waals surface area contributed by atoms with Crippen LogP contribution in [0.1, 0.15) is 37.9 Å². The van der Waals surface area contributed by atoms with E-state index in [9.17, 15) is 8.42 Å². The predicted molar refractivity (Wildman–Crippen MR) is 69.6 cm³/mol. The average molecular weight is 256 g/mol. The van der Waals surface area contributed by atoms with Crippen LogP contribution in [0, 0.1) is 12.3 Å². The third kappa shape index (κ3) is 4.11. The Balaban J connectivity index is 3.22. The number of nitrogens with two attached hydrogens (primary N) is 1. The molecule has 0 heterocycles. The van der Waals surface area contributed by atoms with Crippen LogP contribution < -0.4 is 9.86 Å². The van der Waals surface area contributed by atoms with Gasteiger partial charge in [-0.25, -0.2) is 5.14 Å². The summed E-state index contributed by atoms with van der Waals surface area (Å²) in [6.07, 6.45) is 0. The number of rotatable bonds is 3. The summed E-state index contributed by atoms with van der Waals surface area (Å²) < 4.78 is 25.0. The maximum Gasteiger partial charge on any atom is 0.274 e. The largest absolute Gasteiger partial charge is 0.274 e. The third-order valence-electron chi connectivity index (χ3n) is 2.65. The van der Waals surface area contributed by atoms with Crippen molar-refractivity contribution < 1.29 is 8.42 Å². The highest BCUT2D eigenvalue weighted by Crippen LogP contribution is 2.34. The molecule has 0 bridgehead atoms. The summed E-state index contributed by atoms with van der Waals surface area (Å²) in [4.78, 5) is 0. The second-order valence-corrected chi connectivity index (χ2v) is 6.64. The lowest BCUT2D eigenvalue weighted by Gasteiger charge is -2.32. The van der Waals surface area contributed by atoms with Gasteiger partial charge in [-0.3, -0.25) is 0 Å². The van der Waals surface area contributed by atoms with Gasteiger partial charge in [0, 0.05) is 0 Å². The molecule has 4 nitrogen and oxygen atoms in total. The van der Waals surface area contributed by atoms with Crippen LogP contribution in [-0.2, 0) is 10.2 Å². The summed E-state index contributed by atoms with van der Waals surface area (Å²) in [5.74, 6) is 0. The molecule has 1 atom stereocenters. The van der Waals surface area contributed by atoms with E-state index in [1.165, 1.54) is 0 Å². The summed E-state index contributed by atoms with van der Waals surface area (Å²) >= 11 is 0. The van der Waals surface area contributed by atoms with Gasteiger partial charge >= 0.3 is 0 Å². The minimum Gasteiger partial charge on any atom is -0.216 e. The van der Waals surface area contributed by atoms with E-state index in [0.29, 0.717) is 0 Å². The standard InChI is InChI=1S/C12H20N2O2S/c1-9-7-5-6-8-10(9)11(12(2,3)4)14-17(13,15)16/h5-8,11,14H,1-4H3,(H2,13,15,16)/t11-/m1/s1. The van der Waals surface area contributed by atoms with Crippen molar-refractivity contribution in [3.05, 3.63) is 35.4 Å². The molecule has 0 spiro atoms. The minimum atomic E-state index is -3.72. The highest BCUT2D eigenvalue weighted by molar-refractivity contribution is 7.87. The molecule has 0 unspecified atom stereocenters. The normalized spacial score (nSPS) is 14.6. The Kier molecular flexibility index (Phi) is 3.96. The van der Waals surface area contributed by atoms with Crippen LogP contribution in [0.15, 0.2) is 24.3 Å². The number of nitrogens with one attached hydrogen (secondary N) is 1. The fourth-order valence-corrected chi connectivity index (χ4v) is 2.59. The predicted octanol–water partition coefficient (Wildman–Crippen LogP) is 1.88. The molecule has 5 heteroatoms. The molecular formula is C12H20N2O2S. The molecule has 1 rings (SSSR count). The van der Waals surface area contributed by atoms with E-state index in [-0.39, 0.29) is 11.5 Å². The van der Waals surface area contributed by atoms with Crippen LogP contribution in [0.5, 0.6) is 0 Å². The van der Waals surface area contributed by atoms with Crippen molar-refractivity contribution in [2.45, 2.75) is 33.7 Å². The molecule has 0 aromatic heterocycles. The van der Waals surface area contributed by atoms with Crippen LogP contribution in [0.3, 0.4) is 0 Å². The van der Waals surface area contributed by atoms with Gasteiger partial charge in [-0.2, -0.15) is 13.1 Å². The lowest BCUT2D eigenvalue weighted by Crippen LogP contribution is -2.40. The van der Waals surface area contributed by atoms with Crippen LogP contribution in [-0.4, -0.2) is 8.42 Å². The molecule has 0 saturated heterocycles. The molecule has 0 saturated carbocycles. The first kappa shape index (κ1) is 14.2. The van der Waals surface area contributed by atoms with Gasteiger partial charge in [0.1, 0.15) is 0 Å². The average Bonchev–Trinajstić information content (AvgIpc) is 2.12. The van der Waals surface area contributed by atoms with Crippen molar-refractivity contribution >= 4 is 10.2 Å². The molecule has 0 aliphatic rings. The Hall–Kier alpha value is -0.910. The van der Waals surface area contributed by atoms with Crippen molar-refractivity contribution in [1.82, 2.24) is 4.72 Å². The number of hydrogen-bond donors (Lipinski definition) is 2. The minimum absolute atomic E-state index is 0.251. The van der Waals surface area contributed by atoms with Crippen molar-refractivity contribution in [3.8, 4) is 0 Å². The monoisotopic (exact) mass is 256 g/mol. The molecule has 0 amide bonds. The highest BCUT2D eigenvalue weighted by atomic mass is 32.2. The maximum atomic E-state index is 11.2. The van der Waals surface area contributed by atoms with Gasteiger partial charge in [-0.1, -0.05) is 45.0 Å². The third-order valence-corrected chi connectivity index (χ3v) is 3.21. The first-order chi connectivity index (χ1) is 7.61. The zero-order chi connectivity index (χ0) is 13.3. The van der Waals surface area contributed by atoms with Gasteiger partial charge in [0.25, 0.3) is 10.2 Å². The Bertz CT molecular complexity index is 489. The fourth-order valence-electron chi connectivity index (χ4n) is 1.78. The van der Waals surface area contributed by atoms with Crippen molar-refractivity contribution in [2.75, 3.05) is 0 Å². The lowest BCUT2D eigenvalue weighted by atomic mass is 9.81. The second kappa shape index (κ2) is 4.76. The smallest absolute Gasteiger partial charge is 0.216 e. The van der Waals surface area contributed by atoms with E-state index < -0.39 is 10.2 Å². The van der Waals surface area contributed by atoms with E-state index in [0.717, 1.165) is 11.1 Å². The van der Waals surface area contributed by atoms with Gasteiger partial charge in [0.15, 0.2) is 0 Å². The number of benzene rings is 1. The van der Waals surface area contributed by atoms with Crippen LogP contribution >= 0.6 is 0 Å². The van der Waals surface area contributed by atoms with Crippen LogP contribution in [0.2, 0.25) is 0 Å². The van der Waals surface area contributed by atoms with Crippen LogP contribution in [0.4, 0.5) is 0 Å². The molecule has 0 aliphatic carbocycles. The molecule has 0 fully saturated rings. The molecule has 0 radical (unpaired) electrons. The molecule has 17 heavy (non-hydrogen) atoms. The van der Waals surface area contributed by atoms with Gasteiger partial charge in [-0.05, 0) is 23.5 Å². The van der Waals surface area contributed by atoms with Crippen LogP contribution in [0.25, 0.3) is 0 Å². The summed E-state index contributed by atoms with van der Waals surface area (Å²) in [6, 6.07) is 7.36. The zero-order valence-corrected chi connectivity index (χ0v) is 11.5. The Morgan fingerprint density at radius 1 is 1.24 bits per heavy atom. The van der Waals surface area contributed by atoms with Gasteiger partial charge < -0.3 is 0 Å².